The van der Waals surface area contributed by atoms with Gasteiger partial charge in [0.15, 0.2) is 0 Å². The molecular weight excluding hydrogens is 122 g/mol. The van der Waals surface area contributed by atoms with Crippen LogP contribution < -0.4 is 0 Å². The van der Waals surface area contributed by atoms with Gasteiger partial charge in [-0.25, -0.2) is 0 Å². The third-order valence-electron chi connectivity index (χ3n) is 1.42. The van der Waals surface area contributed by atoms with E-state index in [-0.39, 0.29) is 5.41 Å². The molecular formula is C9H12N. The van der Waals surface area contributed by atoms with Gasteiger partial charge in [-0.1, -0.05) is 26.8 Å². The van der Waals surface area contributed by atoms with Gasteiger partial charge in [0.25, 0.3) is 0 Å². The minimum Gasteiger partial charge on any atom is -0.254 e. The molecule has 0 aliphatic carbocycles. The Kier molecular flexibility index (Phi) is 1.75. The molecule has 0 N–H and O–H groups in total. The molecule has 0 amide bonds. The molecule has 0 saturated heterocycles. The minimum atomic E-state index is 0.175. The van der Waals surface area contributed by atoms with Crippen molar-refractivity contribution in [3.8, 4) is 0 Å². The van der Waals surface area contributed by atoms with Gasteiger partial charge < -0.3 is 0 Å². The number of rotatable bonds is 0. The maximum absolute atomic E-state index is 3.93. The molecule has 1 nitrogen and oxygen atoms in total. The molecule has 1 aromatic heterocycles. The molecule has 1 aromatic rings. The quantitative estimate of drug-likeness (QED) is 0.530. The summed E-state index contributed by atoms with van der Waals surface area (Å²) in [5.41, 5.74) is 1.34. The molecule has 0 atom stereocenters. The molecule has 0 aromatic carbocycles. The van der Waals surface area contributed by atoms with Gasteiger partial charge in [0.2, 0.25) is 0 Å². The maximum atomic E-state index is 3.93. The summed E-state index contributed by atoms with van der Waals surface area (Å²) in [4.78, 5) is 3.93. The number of nitrogens with zero attached hydrogens (tertiary/aromatic N) is 1. The molecule has 0 aliphatic rings. The zero-order valence-electron chi connectivity index (χ0n) is 6.68. The lowest BCUT2D eigenvalue weighted by Gasteiger charge is -2.16. The highest BCUT2D eigenvalue weighted by molar-refractivity contribution is 5.16. The Labute approximate surface area is 62.1 Å². The summed E-state index contributed by atoms with van der Waals surface area (Å²) in [7, 11) is 0. The van der Waals surface area contributed by atoms with Gasteiger partial charge in [0.1, 0.15) is 0 Å². The first-order valence-electron chi connectivity index (χ1n) is 3.44. The van der Waals surface area contributed by atoms with Crippen LogP contribution in [0.15, 0.2) is 18.3 Å². The topological polar surface area (TPSA) is 12.9 Å². The third kappa shape index (κ3) is 1.56. The SMILES string of the molecule is CC(C)(C)c1[c]nccc1. The molecule has 0 spiro atoms. The van der Waals surface area contributed by atoms with Crippen LogP contribution in [0, 0.1) is 6.20 Å². The number of hydrogen-bond donors (Lipinski definition) is 0. The van der Waals surface area contributed by atoms with Crippen molar-refractivity contribution in [2.45, 2.75) is 26.2 Å². The lowest BCUT2D eigenvalue weighted by atomic mass is 9.88. The highest BCUT2D eigenvalue weighted by atomic mass is 14.6. The lowest BCUT2D eigenvalue weighted by molar-refractivity contribution is 0.586. The van der Waals surface area contributed by atoms with Crippen molar-refractivity contribution in [3.05, 3.63) is 30.1 Å². The molecule has 0 unspecified atom stereocenters. The van der Waals surface area contributed by atoms with E-state index in [4.69, 9.17) is 0 Å². The van der Waals surface area contributed by atoms with Gasteiger partial charge in [0.05, 0.1) is 6.20 Å². The molecule has 0 bridgehead atoms. The fourth-order valence-corrected chi connectivity index (χ4v) is 0.744. The second kappa shape index (κ2) is 2.41. The highest BCUT2D eigenvalue weighted by Crippen LogP contribution is 2.19. The second-order valence-corrected chi connectivity index (χ2v) is 3.41. The zero-order chi connectivity index (χ0) is 7.61. The smallest absolute Gasteiger partial charge is 0.0926 e. The molecule has 1 heteroatoms. The van der Waals surface area contributed by atoms with Crippen LogP contribution in [0.3, 0.4) is 0 Å². The first-order valence-corrected chi connectivity index (χ1v) is 3.44. The molecule has 0 aliphatic heterocycles. The molecule has 1 heterocycles. The largest absolute Gasteiger partial charge is 0.254 e. The Balaban J connectivity index is 2.97. The minimum absolute atomic E-state index is 0.175. The normalized spacial score (nSPS) is 11.5. The summed E-state index contributed by atoms with van der Waals surface area (Å²) in [5.74, 6) is 0. The van der Waals surface area contributed by atoms with E-state index >= 15 is 0 Å². The fraction of sp³-hybridized carbons (Fsp3) is 0.444. The molecule has 0 saturated carbocycles. The van der Waals surface area contributed by atoms with E-state index in [0.29, 0.717) is 0 Å². The monoisotopic (exact) mass is 134 g/mol. The van der Waals surface area contributed by atoms with Crippen molar-refractivity contribution in [2.24, 2.45) is 0 Å². The van der Waals surface area contributed by atoms with E-state index in [1.165, 1.54) is 0 Å². The molecule has 1 radical (unpaired) electrons. The third-order valence-corrected chi connectivity index (χ3v) is 1.42. The van der Waals surface area contributed by atoms with Crippen molar-refractivity contribution in [3.63, 3.8) is 0 Å². The first-order chi connectivity index (χ1) is 4.61. The Morgan fingerprint density at radius 1 is 1.40 bits per heavy atom. The number of aromatic nitrogens is 1. The fourth-order valence-electron chi connectivity index (χ4n) is 0.744. The summed E-state index contributed by atoms with van der Waals surface area (Å²) in [6.45, 7) is 6.46. The molecule has 53 valence electrons. The van der Waals surface area contributed by atoms with E-state index in [0.717, 1.165) is 5.56 Å². The van der Waals surface area contributed by atoms with Gasteiger partial charge in [0, 0.05) is 6.20 Å². The van der Waals surface area contributed by atoms with E-state index in [1.807, 2.05) is 12.1 Å². The summed E-state index contributed by atoms with van der Waals surface area (Å²) in [5, 5.41) is 0. The van der Waals surface area contributed by atoms with Crippen LogP contribution in [0.2, 0.25) is 0 Å². The average Bonchev–Trinajstić information content (AvgIpc) is 1.88. The van der Waals surface area contributed by atoms with E-state index in [2.05, 4.69) is 32.0 Å². The number of hydrogen-bond acceptors (Lipinski definition) is 1. The van der Waals surface area contributed by atoms with Crippen molar-refractivity contribution in [1.82, 2.24) is 4.98 Å². The van der Waals surface area contributed by atoms with Crippen molar-refractivity contribution < 1.29 is 0 Å². The van der Waals surface area contributed by atoms with Crippen molar-refractivity contribution in [1.29, 1.82) is 0 Å². The van der Waals surface area contributed by atoms with Crippen molar-refractivity contribution in [2.75, 3.05) is 0 Å². The predicted octanol–water partition coefficient (Wildman–Crippen LogP) is 2.18. The average molecular weight is 134 g/mol. The van der Waals surface area contributed by atoms with Crippen LogP contribution >= 0.6 is 0 Å². The van der Waals surface area contributed by atoms with Crippen LogP contribution in [-0.2, 0) is 5.41 Å². The van der Waals surface area contributed by atoms with Gasteiger partial charge in [-0.2, -0.15) is 0 Å². The van der Waals surface area contributed by atoms with Crippen LogP contribution in [0.1, 0.15) is 26.3 Å². The Morgan fingerprint density at radius 3 is 2.40 bits per heavy atom. The maximum Gasteiger partial charge on any atom is 0.0926 e. The van der Waals surface area contributed by atoms with Gasteiger partial charge >= 0.3 is 0 Å². The molecule has 1 rings (SSSR count). The first kappa shape index (κ1) is 7.26. The molecule has 0 fully saturated rings. The summed E-state index contributed by atoms with van der Waals surface area (Å²) >= 11 is 0. The van der Waals surface area contributed by atoms with Gasteiger partial charge in [-0.3, -0.25) is 4.98 Å². The zero-order valence-corrected chi connectivity index (χ0v) is 6.68. The van der Waals surface area contributed by atoms with Crippen LogP contribution in [-0.4, -0.2) is 4.98 Å². The van der Waals surface area contributed by atoms with Crippen LogP contribution in [0.4, 0.5) is 0 Å². The standard InChI is InChI=1S/C9H12N/c1-9(2,3)8-5-4-6-10-7-8/h4-6H,1-3H3. The Bertz CT molecular complexity index is 196. The van der Waals surface area contributed by atoms with Crippen LogP contribution in [0.25, 0.3) is 0 Å². The molecule has 10 heavy (non-hydrogen) atoms. The van der Waals surface area contributed by atoms with E-state index in [9.17, 15) is 0 Å². The van der Waals surface area contributed by atoms with Crippen molar-refractivity contribution >= 4 is 0 Å². The van der Waals surface area contributed by atoms with E-state index in [1.54, 1.807) is 6.20 Å². The second-order valence-electron chi connectivity index (χ2n) is 3.41. The summed E-state index contributed by atoms with van der Waals surface area (Å²) < 4.78 is 0. The van der Waals surface area contributed by atoms with Gasteiger partial charge in [-0.15, -0.1) is 0 Å². The Hall–Kier alpha value is -0.850. The lowest BCUT2D eigenvalue weighted by Crippen LogP contribution is -2.10. The Morgan fingerprint density at radius 2 is 2.10 bits per heavy atom. The van der Waals surface area contributed by atoms with E-state index < -0.39 is 0 Å². The van der Waals surface area contributed by atoms with Gasteiger partial charge in [-0.05, 0) is 17.0 Å². The highest BCUT2D eigenvalue weighted by Gasteiger charge is 2.12. The summed E-state index contributed by atoms with van der Waals surface area (Å²) in [6.07, 6.45) is 4.70. The number of pyridine rings is 1. The summed E-state index contributed by atoms with van der Waals surface area (Å²) in [6, 6.07) is 3.99. The predicted molar refractivity (Wildman–Crippen MR) is 41.8 cm³/mol. The van der Waals surface area contributed by atoms with Crippen LogP contribution in [0.5, 0.6) is 0 Å².